The van der Waals surface area contributed by atoms with E-state index in [0.717, 1.165) is 25.7 Å². The maximum Gasteiger partial charge on any atom is 0.281 e. The van der Waals surface area contributed by atoms with Crippen molar-refractivity contribution < 1.29 is 22.7 Å². The quantitative estimate of drug-likeness (QED) is 0.249. The number of nitrogens with zero attached hydrogens (tertiary/aromatic N) is 3. The molecule has 32 heavy (non-hydrogen) atoms. The molecule has 174 valence electrons. The van der Waals surface area contributed by atoms with Crippen molar-refractivity contribution in [3.63, 3.8) is 0 Å². The lowest BCUT2D eigenvalue weighted by Gasteiger charge is -2.31. The van der Waals surface area contributed by atoms with Gasteiger partial charge >= 0.3 is 0 Å². The van der Waals surface area contributed by atoms with Gasteiger partial charge in [0.25, 0.3) is 12.9 Å². The number of H-pyrrole nitrogens is 1. The summed E-state index contributed by atoms with van der Waals surface area (Å²) in [5.41, 5.74) is 0.579. The molecule has 3 aromatic heterocycles. The fourth-order valence-electron chi connectivity index (χ4n) is 4.00. The molecular weight excluding hydrogens is 430 g/mol. The zero-order valence-corrected chi connectivity index (χ0v) is 17.1. The van der Waals surface area contributed by atoms with Crippen LogP contribution in [0.15, 0.2) is 30.6 Å². The summed E-state index contributed by atoms with van der Waals surface area (Å²) in [5.74, 6) is 0.962. The molecule has 0 bridgehead atoms. The van der Waals surface area contributed by atoms with Gasteiger partial charge in [0.1, 0.15) is 29.2 Å². The summed E-state index contributed by atoms with van der Waals surface area (Å²) in [4.78, 5) is 3.95. The van der Waals surface area contributed by atoms with Gasteiger partial charge in [-0.05, 0) is 37.8 Å². The highest BCUT2D eigenvalue weighted by Gasteiger charge is 2.25. The van der Waals surface area contributed by atoms with Crippen molar-refractivity contribution in [3.05, 3.63) is 41.9 Å². The number of aromatic nitrogens is 4. The number of halogens is 4. The average Bonchev–Trinajstić information content (AvgIpc) is 3.41. The van der Waals surface area contributed by atoms with E-state index < -0.39 is 25.6 Å². The van der Waals surface area contributed by atoms with E-state index in [1.807, 2.05) is 6.07 Å². The first-order chi connectivity index (χ1) is 15.4. The van der Waals surface area contributed by atoms with Crippen LogP contribution in [0.3, 0.4) is 0 Å². The minimum absolute atomic E-state index is 0.0374. The van der Waals surface area contributed by atoms with Gasteiger partial charge in [0.05, 0.1) is 18.3 Å². The smallest absolute Gasteiger partial charge is 0.281 e. The Balaban J connectivity index is 1.31. The first-order valence-electron chi connectivity index (χ1n) is 10.4. The molecule has 12 heteroatoms. The number of aromatic amines is 1. The van der Waals surface area contributed by atoms with E-state index in [-0.39, 0.29) is 23.6 Å². The first kappa shape index (κ1) is 22.3. The number of fused-ring (bicyclic) bond motifs is 1. The fourth-order valence-corrected chi connectivity index (χ4v) is 4.00. The number of nitrogens with one attached hydrogen (secondary N) is 4. The Morgan fingerprint density at radius 2 is 1.88 bits per heavy atom. The lowest BCUT2D eigenvalue weighted by Crippen LogP contribution is -2.39. The zero-order chi connectivity index (χ0) is 22.7. The van der Waals surface area contributed by atoms with Crippen molar-refractivity contribution in [1.82, 2.24) is 24.9 Å². The van der Waals surface area contributed by atoms with Crippen molar-refractivity contribution in [2.45, 2.75) is 56.8 Å². The number of hydrogen-bond acceptors (Lipinski definition) is 6. The van der Waals surface area contributed by atoms with Crippen LogP contribution in [0.2, 0.25) is 0 Å². The van der Waals surface area contributed by atoms with Crippen LogP contribution in [0.4, 0.5) is 29.2 Å². The Bertz CT molecular complexity index is 1020. The van der Waals surface area contributed by atoms with Crippen molar-refractivity contribution in [3.8, 4) is 0 Å². The minimum Gasteiger partial charge on any atom is -0.374 e. The number of pyridine rings is 1. The van der Waals surface area contributed by atoms with Gasteiger partial charge in [-0.15, -0.1) is 0 Å². The molecule has 0 saturated heterocycles. The van der Waals surface area contributed by atoms with E-state index in [0.29, 0.717) is 17.0 Å². The Hall–Kier alpha value is -2.86. The van der Waals surface area contributed by atoms with Gasteiger partial charge in [0, 0.05) is 18.3 Å². The summed E-state index contributed by atoms with van der Waals surface area (Å²) in [7, 11) is 0. The summed E-state index contributed by atoms with van der Waals surface area (Å²) < 4.78 is 52.4. The Morgan fingerprint density at radius 3 is 2.59 bits per heavy atom. The molecule has 3 aromatic rings. The van der Waals surface area contributed by atoms with Crippen LogP contribution in [0.1, 0.15) is 49.6 Å². The van der Waals surface area contributed by atoms with Crippen LogP contribution in [-0.4, -0.2) is 49.7 Å². The third-order valence-corrected chi connectivity index (χ3v) is 5.60. The number of aliphatic hydroxyl groups is 1. The molecule has 1 aliphatic rings. The molecule has 0 radical (unpaired) electrons. The monoisotopic (exact) mass is 455 g/mol. The lowest BCUT2D eigenvalue weighted by molar-refractivity contribution is 0.113. The summed E-state index contributed by atoms with van der Waals surface area (Å²) >= 11 is 0. The Labute approximate surface area is 181 Å². The molecule has 0 aliphatic heterocycles. The second-order valence-corrected chi connectivity index (χ2v) is 7.84. The first-order valence-corrected chi connectivity index (χ1v) is 10.4. The number of rotatable bonds is 9. The van der Waals surface area contributed by atoms with Gasteiger partial charge in [0.2, 0.25) is 0 Å². The van der Waals surface area contributed by atoms with Crippen LogP contribution < -0.4 is 16.0 Å². The highest BCUT2D eigenvalue weighted by Crippen LogP contribution is 2.27. The molecule has 4 rings (SSSR count). The van der Waals surface area contributed by atoms with Gasteiger partial charge in [-0.2, -0.15) is 5.10 Å². The van der Waals surface area contributed by atoms with E-state index in [4.69, 9.17) is 0 Å². The maximum absolute atomic E-state index is 13.0. The van der Waals surface area contributed by atoms with Gasteiger partial charge in [-0.1, -0.05) is 6.07 Å². The number of alkyl halides is 4. The van der Waals surface area contributed by atoms with Crippen LogP contribution in [0, 0.1) is 0 Å². The fraction of sp³-hybridized carbons (Fsp3) is 0.500. The molecule has 1 saturated carbocycles. The molecule has 1 unspecified atom stereocenters. The molecule has 1 aliphatic carbocycles. The number of anilines is 2. The Morgan fingerprint density at radius 1 is 1.12 bits per heavy atom. The molecular formula is C20H25F4N7O. The average molecular weight is 455 g/mol. The summed E-state index contributed by atoms with van der Waals surface area (Å²) in [5, 5.41) is 25.9. The highest BCUT2D eigenvalue weighted by atomic mass is 19.3. The van der Waals surface area contributed by atoms with E-state index in [2.05, 4.69) is 31.1 Å². The summed E-state index contributed by atoms with van der Waals surface area (Å²) in [6, 6.07) is 5.46. The topological polar surface area (TPSA) is 102 Å². The summed E-state index contributed by atoms with van der Waals surface area (Å²) in [6.07, 6.45) is -0.294. The second-order valence-electron chi connectivity index (χ2n) is 7.84. The van der Waals surface area contributed by atoms with Crippen LogP contribution in [-0.2, 0) is 0 Å². The molecule has 0 amide bonds. The van der Waals surface area contributed by atoms with Crippen LogP contribution in [0.5, 0.6) is 0 Å². The Kier molecular flexibility index (Phi) is 6.80. The molecule has 3 heterocycles. The van der Waals surface area contributed by atoms with Crippen molar-refractivity contribution >= 4 is 17.3 Å². The molecule has 8 nitrogen and oxygen atoms in total. The van der Waals surface area contributed by atoms with Crippen LogP contribution >= 0.6 is 0 Å². The zero-order valence-electron chi connectivity index (χ0n) is 17.1. The predicted molar refractivity (Wildman–Crippen MR) is 111 cm³/mol. The normalized spacial score (nSPS) is 20.2. The SMILES string of the molecule is OC(NC1CCC(Nc2cccc3nc(C(F)F)cn23)CC1)c1cn[nH]c1NCC(F)F. The second kappa shape index (κ2) is 9.74. The minimum atomic E-state index is -2.63. The third-order valence-electron chi connectivity index (χ3n) is 5.60. The molecule has 0 aromatic carbocycles. The van der Waals surface area contributed by atoms with E-state index in [1.165, 1.54) is 12.4 Å². The number of imidazole rings is 1. The molecule has 1 atom stereocenters. The predicted octanol–water partition coefficient (Wildman–Crippen LogP) is 3.68. The summed E-state index contributed by atoms with van der Waals surface area (Å²) in [6.45, 7) is -0.541. The van der Waals surface area contributed by atoms with Crippen molar-refractivity contribution in [2.75, 3.05) is 17.2 Å². The van der Waals surface area contributed by atoms with Crippen molar-refractivity contribution in [1.29, 1.82) is 0 Å². The van der Waals surface area contributed by atoms with Gasteiger partial charge in [0.15, 0.2) is 0 Å². The lowest BCUT2D eigenvalue weighted by atomic mass is 9.91. The highest BCUT2D eigenvalue weighted by molar-refractivity contribution is 5.51. The van der Waals surface area contributed by atoms with Gasteiger partial charge in [-0.3, -0.25) is 14.8 Å². The largest absolute Gasteiger partial charge is 0.374 e. The maximum atomic E-state index is 13.0. The van der Waals surface area contributed by atoms with Gasteiger partial charge in [-0.25, -0.2) is 22.5 Å². The molecule has 5 N–H and O–H groups in total. The van der Waals surface area contributed by atoms with E-state index >= 15 is 0 Å². The van der Waals surface area contributed by atoms with Crippen LogP contribution in [0.25, 0.3) is 5.65 Å². The number of hydrogen-bond donors (Lipinski definition) is 5. The van der Waals surface area contributed by atoms with Crippen molar-refractivity contribution in [2.24, 2.45) is 0 Å². The van der Waals surface area contributed by atoms with E-state index in [1.54, 1.807) is 16.5 Å². The molecule has 1 fully saturated rings. The van der Waals surface area contributed by atoms with E-state index in [9.17, 15) is 22.7 Å². The standard InChI is InChI=1S/C20H25F4N7O/c21-15(22)9-25-19-13(8-26-30-19)20(32)28-12-6-4-11(5-7-12)27-16-2-1-3-17-29-14(18(23)24)10-31(16)17/h1-3,8,10-12,15,18,20,27-28,32H,4-7,9H2,(H2,25,26,30). The van der Waals surface area contributed by atoms with Gasteiger partial charge < -0.3 is 15.7 Å². The third kappa shape index (κ3) is 5.13. The number of aliphatic hydroxyl groups excluding tert-OH is 1. The molecule has 0 spiro atoms.